The van der Waals surface area contributed by atoms with E-state index in [4.69, 9.17) is 16.3 Å². The van der Waals surface area contributed by atoms with E-state index in [0.717, 1.165) is 28.1 Å². The zero-order chi connectivity index (χ0) is 20.9. The van der Waals surface area contributed by atoms with Crippen molar-refractivity contribution in [3.05, 3.63) is 112 Å². The number of hydrogen-bond acceptors (Lipinski definition) is 4. The van der Waals surface area contributed by atoms with Crippen molar-refractivity contribution < 1.29 is 9.13 Å². The average Bonchev–Trinajstić information content (AvgIpc) is 3.26. The van der Waals surface area contributed by atoms with E-state index < -0.39 is 12.1 Å². The highest BCUT2D eigenvalue weighted by Crippen LogP contribution is 2.51. The lowest BCUT2D eigenvalue weighted by atomic mass is 9.84. The highest BCUT2D eigenvalue weighted by Gasteiger charge is 2.42. The first-order chi connectivity index (χ1) is 15.2. The molecule has 5 nitrogen and oxygen atoms in total. The molecule has 0 amide bonds. The summed E-state index contributed by atoms with van der Waals surface area (Å²) >= 11 is 6.59. The first-order valence-electron chi connectivity index (χ1n) is 9.88. The quantitative estimate of drug-likeness (QED) is 0.447. The van der Waals surface area contributed by atoms with Gasteiger partial charge in [0.15, 0.2) is 6.10 Å². The van der Waals surface area contributed by atoms with Crippen molar-refractivity contribution in [2.24, 2.45) is 0 Å². The van der Waals surface area contributed by atoms with Gasteiger partial charge in [-0.2, -0.15) is 10.1 Å². The monoisotopic (exact) mass is 430 g/mol. The summed E-state index contributed by atoms with van der Waals surface area (Å²) in [6, 6.07) is 21.5. The smallest absolute Gasteiger partial charge is 0.226 e. The van der Waals surface area contributed by atoms with Gasteiger partial charge in [0.25, 0.3) is 0 Å². The van der Waals surface area contributed by atoms with Crippen LogP contribution in [0.3, 0.4) is 0 Å². The molecule has 2 aliphatic rings. The summed E-state index contributed by atoms with van der Waals surface area (Å²) in [7, 11) is 0. The normalized spacial score (nSPS) is 19.0. The number of anilines is 1. The Morgan fingerprint density at radius 3 is 2.52 bits per heavy atom. The third-order valence-electron chi connectivity index (χ3n) is 5.71. The Morgan fingerprint density at radius 1 is 0.935 bits per heavy atom. The molecule has 3 aromatic carbocycles. The molecule has 0 bridgehead atoms. The Kier molecular flexibility index (Phi) is 4.07. The summed E-state index contributed by atoms with van der Waals surface area (Å²) < 4.78 is 23.2. The Bertz CT molecular complexity index is 1350. The number of fused-ring (bicyclic) bond motifs is 3. The number of aromatic nitrogens is 3. The van der Waals surface area contributed by atoms with Crippen molar-refractivity contribution in [3.8, 4) is 5.75 Å². The van der Waals surface area contributed by atoms with Crippen LogP contribution in [0.15, 0.2) is 84.7 Å². The number of ether oxygens (including phenoxy) is 1. The van der Waals surface area contributed by atoms with Gasteiger partial charge >= 0.3 is 0 Å². The largest absolute Gasteiger partial charge is 0.480 e. The number of benzene rings is 3. The minimum atomic E-state index is -0.551. The number of hydrogen-bond donors (Lipinski definition) is 1. The van der Waals surface area contributed by atoms with Gasteiger partial charge < -0.3 is 10.1 Å². The van der Waals surface area contributed by atoms with E-state index >= 15 is 4.39 Å². The van der Waals surface area contributed by atoms with Crippen LogP contribution in [0.2, 0.25) is 5.02 Å². The van der Waals surface area contributed by atoms with E-state index in [1.54, 1.807) is 16.8 Å². The third-order valence-corrected chi connectivity index (χ3v) is 6.05. The molecule has 0 spiro atoms. The molecular formula is C24H16ClFN4O. The lowest BCUT2D eigenvalue weighted by Gasteiger charge is -2.39. The van der Waals surface area contributed by atoms with Gasteiger partial charge in [0.2, 0.25) is 5.95 Å². The van der Waals surface area contributed by atoms with Crippen molar-refractivity contribution in [3.63, 3.8) is 0 Å². The van der Waals surface area contributed by atoms with Gasteiger partial charge in [-0.1, -0.05) is 60.1 Å². The van der Waals surface area contributed by atoms with Gasteiger partial charge in [0.05, 0.1) is 5.70 Å². The molecule has 7 heteroatoms. The van der Waals surface area contributed by atoms with Crippen LogP contribution in [-0.4, -0.2) is 14.8 Å². The first kappa shape index (κ1) is 18.2. The van der Waals surface area contributed by atoms with Crippen molar-refractivity contribution in [2.45, 2.75) is 12.1 Å². The molecule has 0 saturated heterocycles. The standard InChI is InChI=1S/C24H16ClFN4O/c25-17-10-4-1-7-14(17)23-20-21(16-9-3-6-12-19(16)31-23)29-24-27-13-28-30(24)22(20)15-8-2-5-11-18(15)26/h1-13,22-23H,(H,27,28,29)/t22-,23+/m1/s1. The minimum Gasteiger partial charge on any atom is -0.480 e. The summed E-state index contributed by atoms with van der Waals surface area (Å²) in [6.45, 7) is 0. The van der Waals surface area contributed by atoms with Gasteiger partial charge in [-0.25, -0.2) is 9.07 Å². The Morgan fingerprint density at radius 2 is 1.68 bits per heavy atom. The second kappa shape index (κ2) is 6.96. The number of para-hydroxylation sites is 1. The fraction of sp³-hybridized carbons (Fsp3) is 0.0833. The van der Waals surface area contributed by atoms with Gasteiger partial charge in [-0.3, -0.25) is 0 Å². The van der Waals surface area contributed by atoms with Crippen LogP contribution in [0.1, 0.15) is 28.8 Å². The van der Waals surface area contributed by atoms with Crippen LogP contribution < -0.4 is 10.1 Å². The molecule has 4 aromatic rings. The summed E-state index contributed by atoms with van der Waals surface area (Å²) in [6.07, 6.45) is 0.930. The van der Waals surface area contributed by atoms with Crippen molar-refractivity contribution >= 4 is 23.2 Å². The van der Waals surface area contributed by atoms with E-state index in [0.29, 0.717) is 16.5 Å². The number of rotatable bonds is 2. The zero-order valence-electron chi connectivity index (χ0n) is 16.2. The van der Waals surface area contributed by atoms with E-state index in [1.807, 2.05) is 54.6 Å². The molecule has 2 aliphatic heterocycles. The van der Waals surface area contributed by atoms with Crippen molar-refractivity contribution in [2.75, 3.05) is 5.32 Å². The first-order valence-corrected chi connectivity index (χ1v) is 10.3. The van der Waals surface area contributed by atoms with E-state index in [9.17, 15) is 0 Å². The van der Waals surface area contributed by atoms with Crippen LogP contribution in [-0.2, 0) is 0 Å². The summed E-state index contributed by atoms with van der Waals surface area (Å²) in [5.74, 6) is 0.944. The summed E-state index contributed by atoms with van der Waals surface area (Å²) in [5.41, 5.74) is 3.84. The molecule has 0 saturated carbocycles. The Balaban J connectivity index is 1.67. The van der Waals surface area contributed by atoms with E-state index in [1.165, 1.54) is 12.4 Å². The molecule has 2 atom stereocenters. The van der Waals surface area contributed by atoms with Gasteiger partial charge in [-0.15, -0.1) is 0 Å². The highest BCUT2D eigenvalue weighted by atomic mass is 35.5. The molecule has 152 valence electrons. The van der Waals surface area contributed by atoms with Gasteiger partial charge in [0.1, 0.15) is 23.9 Å². The zero-order valence-corrected chi connectivity index (χ0v) is 16.9. The Hall–Kier alpha value is -3.64. The lowest BCUT2D eigenvalue weighted by Crippen LogP contribution is -2.33. The van der Waals surface area contributed by atoms with Crippen LogP contribution in [0, 0.1) is 5.82 Å². The average molecular weight is 431 g/mol. The maximum Gasteiger partial charge on any atom is 0.226 e. The summed E-state index contributed by atoms with van der Waals surface area (Å²) in [4.78, 5) is 4.36. The Labute approximate surface area is 182 Å². The molecule has 1 N–H and O–H groups in total. The molecule has 6 rings (SSSR count). The van der Waals surface area contributed by atoms with Crippen LogP contribution >= 0.6 is 11.6 Å². The van der Waals surface area contributed by atoms with Crippen LogP contribution in [0.5, 0.6) is 5.75 Å². The molecule has 0 radical (unpaired) electrons. The lowest BCUT2D eigenvalue weighted by molar-refractivity contribution is 0.222. The van der Waals surface area contributed by atoms with Crippen molar-refractivity contribution in [1.29, 1.82) is 0 Å². The molecule has 0 fully saturated rings. The predicted molar refractivity (Wildman–Crippen MR) is 116 cm³/mol. The second-order valence-corrected chi connectivity index (χ2v) is 7.83. The molecule has 31 heavy (non-hydrogen) atoms. The molecule has 0 unspecified atom stereocenters. The maximum absolute atomic E-state index is 15.1. The number of halogens is 2. The molecule has 0 aliphatic carbocycles. The van der Waals surface area contributed by atoms with Gasteiger partial charge in [-0.05, 0) is 24.3 Å². The molecule has 3 heterocycles. The summed E-state index contributed by atoms with van der Waals surface area (Å²) in [5, 5.41) is 8.38. The molecular weight excluding hydrogens is 415 g/mol. The minimum absolute atomic E-state index is 0.320. The van der Waals surface area contributed by atoms with Crippen LogP contribution in [0.25, 0.3) is 5.70 Å². The van der Waals surface area contributed by atoms with E-state index in [-0.39, 0.29) is 5.82 Å². The van der Waals surface area contributed by atoms with Crippen molar-refractivity contribution in [1.82, 2.24) is 14.8 Å². The number of nitrogens with zero attached hydrogens (tertiary/aromatic N) is 3. The van der Waals surface area contributed by atoms with Crippen LogP contribution in [0.4, 0.5) is 10.3 Å². The second-order valence-electron chi connectivity index (χ2n) is 7.42. The van der Waals surface area contributed by atoms with E-state index in [2.05, 4.69) is 15.4 Å². The van der Waals surface area contributed by atoms with Gasteiger partial charge in [0, 0.05) is 27.3 Å². The highest BCUT2D eigenvalue weighted by molar-refractivity contribution is 6.31. The number of nitrogens with one attached hydrogen (secondary N) is 1. The SMILES string of the molecule is Fc1ccccc1[C@@H]1C2=C(Nc3ncnn31)c1ccccc1O[C@H]2c1ccccc1Cl. The topological polar surface area (TPSA) is 52.0 Å². The fourth-order valence-electron chi connectivity index (χ4n) is 4.36. The molecule has 1 aromatic heterocycles. The maximum atomic E-state index is 15.1. The predicted octanol–water partition coefficient (Wildman–Crippen LogP) is 5.63. The fourth-order valence-corrected chi connectivity index (χ4v) is 4.59. The third kappa shape index (κ3) is 2.75.